The number of carboxylic acids is 1. The zero-order valence-corrected chi connectivity index (χ0v) is 13.1. The number of nitrogens with one attached hydrogen (secondary N) is 1. The Morgan fingerprint density at radius 3 is 2.57 bits per heavy atom. The molecule has 0 saturated heterocycles. The van der Waals surface area contributed by atoms with Crippen molar-refractivity contribution < 1.29 is 22.7 Å². The van der Waals surface area contributed by atoms with Crippen molar-refractivity contribution in [3.05, 3.63) is 54.0 Å². The van der Waals surface area contributed by atoms with Crippen molar-refractivity contribution in [2.45, 2.75) is 23.7 Å². The summed E-state index contributed by atoms with van der Waals surface area (Å²) in [6.45, 7) is 0.301. The van der Waals surface area contributed by atoms with Crippen molar-refractivity contribution in [3.63, 3.8) is 0 Å². The first kappa shape index (κ1) is 15.8. The third-order valence-electron chi connectivity index (χ3n) is 4.18. The summed E-state index contributed by atoms with van der Waals surface area (Å²) in [4.78, 5) is 10.6. The van der Waals surface area contributed by atoms with Crippen LogP contribution in [0.5, 0.6) is 0 Å². The van der Waals surface area contributed by atoms with Gasteiger partial charge in [-0.25, -0.2) is 17.9 Å². The van der Waals surface area contributed by atoms with Crippen LogP contribution in [0.4, 0.5) is 0 Å². The predicted molar refractivity (Wildman–Crippen MR) is 82.8 cm³/mol. The highest BCUT2D eigenvalue weighted by molar-refractivity contribution is 7.89. The molecule has 7 heteroatoms. The van der Waals surface area contributed by atoms with Crippen molar-refractivity contribution in [1.82, 2.24) is 4.72 Å². The number of rotatable bonds is 6. The van der Waals surface area contributed by atoms with E-state index < -0.39 is 21.8 Å². The molecule has 1 aliphatic carbocycles. The summed E-state index contributed by atoms with van der Waals surface area (Å²) in [5.74, 6) is -1.24. The molecular weight excluding hydrogens is 318 g/mol. The van der Waals surface area contributed by atoms with Crippen LogP contribution in [0.1, 0.15) is 34.9 Å². The van der Waals surface area contributed by atoms with Crippen molar-refractivity contribution in [1.29, 1.82) is 0 Å². The second kappa shape index (κ2) is 6.17. The lowest BCUT2D eigenvalue weighted by Crippen LogP contribution is -2.35. The van der Waals surface area contributed by atoms with E-state index in [0.717, 1.165) is 25.2 Å². The lowest BCUT2D eigenvalue weighted by Gasteiger charge is -2.35. The number of aromatic carboxylic acids is 1. The van der Waals surface area contributed by atoms with Gasteiger partial charge in [0.2, 0.25) is 15.8 Å². The minimum absolute atomic E-state index is 0.259. The zero-order chi connectivity index (χ0) is 16.4. The second-order valence-electron chi connectivity index (χ2n) is 5.72. The SMILES string of the molecule is O=C(O)c1occc1S(=O)(=O)NCC1CC(c2ccccc2)C1. The summed E-state index contributed by atoms with van der Waals surface area (Å²) in [5.41, 5.74) is 1.27. The minimum Gasteiger partial charge on any atom is -0.475 e. The Kier molecular flexibility index (Phi) is 4.23. The number of carboxylic acid groups (broad SMARTS) is 1. The molecule has 3 rings (SSSR count). The Morgan fingerprint density at radius 2 is 1.91 bits per heavy atom. The van der Waals surface area contributed by atoms with E-state index in [1.807, 2.05) is 18.2 Å². The lowest BCUT2D eigenvalue weighted by atomic mass is 9.71. The van der Waals surface area contributed by atoms with Crippen LogP contribution in [0, 0.1) is 5.92 Å². The quantitative estimate of drug-likeness (QED) is 0.845. The normalized spacial score (nSPS) is 20.9. The average molecular weight is 335 g/mol. The molecule has 0 radical (unpaired) electrons. The zero-order valence-electron chi connectivity index (χ0n) is 12.3. The molecule has 0 unspecified atom stereocenters. The average Bonchev–Trinajstić information content (AvgIpc) is 2.97. The topological polar surface area (TPSA) is 96.6 Å². The van der Waals surface area contributed by atoms with Crippen LogP contribution in [0.15, 0.2) is 52.0 Å². The number of hydrogen-bond acceptors (Lipinski definition) is 4. The van der Waals surface area contributed by atoms with Crippen LogP contribution in [0.3, 0.4) is 0 Å². The van der Waals surface area contributed by atoms with Crippen molar-refractivity contribution in [2.24, 2.45) is 5.92 Å². The van der Waals surface area contributed by atoms with Crippen LogP contribution in [0.2, 0.25) is 0 Å². The smallest absolute Gasteiger partial charge is 0.373 e. The van der Waals surface area contributed by atoms with Crippen molar-refractivity contribution in [2.75, 3.05) is 6.54 Å². The molecule has 1 aromatic carbocycles. The summed E-state index contributed by atoms with van der Waals surface area (Å²) in [6.07, 6.45) is 2.90. The molecule has 0 bridgehead atoms. The largest absolute Gasteiger partial charge is 0.475 e. The van der Waals surface area contributed by atoms with Gasteiger partial charge in [0.25, 0.3) is 0 Å². The number of furan rings is 1. The van der Waals surface area contributed by atoms with Crippen molar-refractivity contribution in [3.8, 4) is 0 Å². The highest BCUT2D eigenvalue weighted by Gasteiger charge is 2.32. The fourth-order valence-corrected chi connectivity index (χ4v) is 4.09. The van der Waals surface area contributed by atoms with Gasteiger partial charge in [-0.15, -0.1) is 0 Å². The molecule has 0 aliphatic heterocycles. The maximum absolute atomic E-state index is 12.2. The van der Waals surface area contributed by atoms with Gasteiger partial charge in [-0.2, -0.15) is 0 Å². The Morgan fingerprint density at radius 1 is 1.22 bits per heavy atom. The second-order valence-corrected chi connectivity index (χ2v) is 7.45. The van der Waals surface area contributed by atoms with Gasteiger partial charge < -0.3 is 9.52 Å². The third kappa shape index (κ3) is 3.30. The van der Waals surface area contributed by atoms with Crippen LogP contribution in [-0.4, -0.2) is 26.0 Å². The van der Waals surface area contributed by atoms with Gasteiger partial charge in [0.1, 0.15) is 4.90 Å². The van der Waals surface area contributed by atoms with E-state index in [1.165, 1.54) is 5.56 Å². The third-order valence-corrected chi connectivity index (χ3v) is 5.63. The van der Waals surface area contributed by atoms with Crippen LogP contribution < -0.4 is 4.72 Å². The van der Waals surface area contributed by atoms with Crippen LogP contribution in [-0.2, 0) is 10.0 Å². The van der Waals surface area contributed by atoms with Gasteiger partial charge in [-0.1, -0.05) is 30.3 Å². The summed E-state index contributed by atoms with van der Waals surface area (Å²) in [6, 6.07) is 11.3. The minimum atomic E-state index is -3.87. The van der Waals surface area contributed by atoms with Crippen molar-refractivity contribution >= 4 is 16.0 Å². The standard InChI is InChI=1S/C16H17NO5S/c18-16(19)15-14(6-7-22-15)23(20,21)17-10-11-8-13(9-11)12-4-2-1-3-5-12/h1-7,11,13,17H,8-10H2,(H,18,19). The molecule has 122 valence electrons. The summed E-state index contributed by atoms with van der Waals surface area (Å²) in [5, 5.41) is 8.93. The lowest BCUT2D eigenvalue weighted by molar-refractivity contribution is 0.0656. The van der Waals surface area contributed by atoms with Gasteiger partial charge in [0.05, 0.1) is 6.26 Å². The van der Waals surface area contributed by atoms with Gasteiger partial charge in [-0.05, 0) is 36.3 Å². The molecular formula is C16H17NO5S. The molecule has 1 heterocycles. The molecule has 23 heavy (non-hydrogen) atoms. The Bertz CT molecular complexity index is 791. The van der Waals surface area contributed by atoms with E-state index in [-0.39, 0.29) is 10.8 Å². The van der Waals surface area contributed by atoms with Crippen LogP contribution >= 0.6 is 0 Å². The first-order valence-electron chi connectivity index (χ1n) is 7.33. The molecule has 0 amide bonds. The molecule has 1 aliphatic rings. The van der Waals surface area contributed by atoms with E-state index in [1.54, 1.807) is 0 Å². The molecule has 1 saturated carbocycles. The van der Waals surface area contributed by atoms with Gasteiger partial charge in [0, 0.05) is 6.54 Å². The maximum atomic E-state index is 12.2. The van der Waals surface area contributed by atoms with Crippen LogP contribution in [0.25, 0.3) is 0 Å². The Balaban J connectivity index is 1.57. The number of carbonyl (C=O) groups is 1. The molecule has 2 aromatic rings. The van der Waals surface area contributed by atoms with Gasteiger partial charge in [0.15, 0.2) is 0 Å². The molecule has 6 nitrogen and oxygen atoms in total. The monoisotopic (exact) mass is 335 g/mol. The highest BCUT2D eigenvalue weighted by atomic mass is 32.2. The van der Waals surface area contributed by atoms with E-state index >= 15 is 0 Å². The van der Waals surface area contributed by atoms with E-state index in [2.05, 4.69) is 16.9 Å². The summed E-state index contributed by atoms with van der Waals surface area (Å²) in [7, 11) is -3.87. The number of hydrogen-bond donors (Lipinski definition) is 2. The van der Waals surface area contributed by atoms with E-state index in [9.17, 15) is 13.2 Å². The first-order chi connectivity index (χ1) is 11.0. The van der Waals surface area contributed by atoms with E-state index in [4.69, 9.17) is 9.52 Å². The summed E-state index contributed by atoms with van der Waals surface area (Å²) >= 11 is 0. The molecule has 1 fully saturated rings. The number of sulfonamides is 1. The fraction of sp³-hybridized carbons (Fsp3) is 0.312. The van der Waals surface area contributed by atoms with E-state index in [0.29, 0.717) is 12.5 Å². The van der Waals surface area contributed by atoms with Gasteiger partial charge >= 0.3 is 5.97 Å². The number of benzene rings is 1. The molecule has 2 N–H and O–H groups in total. The molecule has 1 aromatic heterocycles. The maximum Gasteiger partial charge on any atom is 0.373 e. The highest BCUT2D eigenvalue weighted by Crippen LogP contribution is 2.41. The molecule has 0 spiro atoms. The fourth-order valence-electron chi connectivity index (χ4n) is 2.87. The summed E-state index contributed by atoms with van der Waals surface area (Å²) < 4.78 is 31.6. The van der Waals surface area contributed by atoms with Gasteiger partial charge in [-0.3, -0.25) is 0 Å². The molecule has 0 atom stereocenters. The first-order valence-corrected chi connectivity index (χ1v) is 8.81. The Labute approximate surface area is 134 Å². The predicted octanol–water partition coefficient (Wildman–Crippen LogP) is 2.45. The Hall–Kier alpha value is -2.12.